The predicted molar refractivity (Wildman–Crippen MR) is 104 cm³/mol. The second kappa shape index (κ2) is 8.23. The highest BCUT2D eigenvalue weighted by molar-refractivity contribution is 7.91. The first-order valence-corrected chi connectivity index (χ1v) is 10.7. The Morgan fingerprint density at radius 1 is 1.22 bits per heavy atom. The summed E-state index contributed by atoms with van der Waals surface area (Å²) in [5.41, 5.74) is 1.42. The number of sulfone groups is 1. The molecule has 7 heteroatoms. The maximum Gasteiger partial charge on any atom is 0.247 e. The number of amides is 1. The molecule has 1 aliphatic rings. The van der Waals surface area contributed by atoms with Crippen LogP contribution in [0.25, 0.3) is 6.08 Å². The molecular weight excluding hydrogens is 389 g/mol. The van der Waals surface area contributed by atoms with Gasteiger partial charge in [-0.3, -0.25) is 4.79 Å². The van der Waals surface area contributed by atoms with Crippen molar-refractivity contribution in [3.63, 3.8) is 0 Å². The molecule has 0 bridgehead atoms. The lowest BCUT2D eigenvalue weighted by Crippen LogP contribution is -2.39. The van der Waals surface area contributed by atoms with Gasteiger partial charge in [0.15, 0.2) is 9.84 Å². The monoisotopic (exact) mass is 407 g/mol. The third-order valence-electron chi connectivity index (χ3n) is 4.46. The minimum atomic E-state index is -3.15. The smallest absolute Gasteiger partial charge is 0.247 e. The van der Waals surface area contributed by atoms with Gasteiger partial charge in [0, 0.05) is 23.7 Å². The summed E-state index contributed by atoms with van der Waals surface area (Å²) in [5.74, 6) is -0.708. The van der Waals surface area contributed by atoms with E-state index >= 15 is 0 Å². The van der Waals surface area contributed by atoms with Gasteiger partial charge in [-0.1, -0.05) is 35.9 Å². The number of nitrogens with zero attached hydrogens (tertiary/aromatic N) is 1. The van der Waals surface area contributed by atoms with Crippen LogP contribution in [-0.4, -0.2) is 36.8 Å². The molecule has 1 heterocycles. The highest BCUT2D eigenvalue weighted by atomic mass is 35.5. The first-order chi connectivity index (χ1) is 12.8. The molecule has 2 aromatic carbocycles. The van der Waals surface area contributed by atoms with Gasteiger partial charge in [0.05, 0.1) is 11.5 Å². The zero-order valence-electron chi connectivity index (χ0n) is 14.5. The van der Waals surface area contributed by atoms with Crippen LogP contribution in [0.3, 0.4) is 0 Å². The Labute approximate surface area is 163 Å². The molecule has 1 amide bonds. The average molecular weight is 408 g/mol. The van der Waals surface area contributed by atoms with Crippen molar-refractivity contribution >= 4 is 33.4 Å². The Bertz CT molecular complexity index is 957. The van der Waals surface area contributed by atoms with Crippen molar-refractivity contribution in [1.82, 2.24) is 4.90 Å². The van der Waals surface area contributed by atoms with Crippen molar-refractivity contribution in [2.24, 2.45) is 0 Å². The fraction of sp³-hybridized carbons (Fsp3) is 0.250. The summed E-state index contributed by atoms with van der Waals surface area (Å²) in [6.07, 6.45) is 3.45. The fourth-order valence-electron chi connectivity index (χ4n) is 3.08. The van der Waals surface area contributed by atoms with Crippen molar-refractivity contribution in [2.45, 2.75) is 19.0 Å². The number of carbonyl (C=O) groups excluding carboxylic acids is 1. The zero-order chi connectivity index (χ0) is 19.4. The molecule has 0 spiro atoms. The van der Waals surface area contributed by atoms with Crippen molar-refractivity contribution in [1.29, 1.82) is 0 Å². The molecule has 1 atom stereocenters. The molecule has 0 radical (unpaired) electrons. The van der Waals surface area contributed by atoms with Crippen LogP contribution in [0.5, 0.6) is 0 Å². The van der Waals surface area contributed by atoms with E-state index in [1.165, 1.54) is 23.1 Å². The minimum Gasteiger partial charge on any atom is -0.331 e. The van der Waals surface area contributed by atoms with Gasteiger partial charge in [-0.25, -0.2) is 12.8 Å². The van der Waals surface area contributed by atoms with Gasteiger partial charge >= 0.3 is 0 Å². The Hall–Kier alpha value is -2.18. The van der Waals surface area contributed by atoms with Crippen LogP contribution in [-0.2, 0) is 21.2 Å². The topological polar surface area (TPSA) is 54.5 Å². The summed E-state index contributed by atoms with van der Waals surface area (Å²) in [6.45, 7) is 0.155. The summed E-state index contributed by atoms with van der Waals surface area (Å²) in [5, 5.41) is 0.599. The van der Waals surface area contributed by atoms with Crippen LogP contribution < -0.4 is 0 Å². The summed E-state index contributed by atoms with van der Waals surface area (Å²) in [4.78, 5) is 14.3. The molecule has 1 fully saturated rings. The van der Waals surface area contributed by atoms with E-state index < -0.39 is 21.7 Å². The average Bonchev–Trinajstić information content (AvgIpc) is 2.98. The van der Waals surface area contributed by atoms with Gasteiger partial charge in [-0.15, -0.1) is 0 Å². The molecule has 142 valence electrons. The first kappa shape index (κ1) is 19.6. The molecule has 4 nitrogen and oxygen atoms in total. The molecule has 2 aromatic rings. The van der Waals surface area contributed by atoms with Crippen LogP contribution in [0.4, 0.5) is 4.39 Å². The number of hydrogen-bond donors (Lipinski definition) is 0. The number of benzene rings is 2. The number of rotatable bonds is 5. The maximum absolute atomic E-state index is 13.5. The highest BCUT2D eigenvalue weighted by Crippen LogP contribution is 2.21. The van der Waals surface area contributed by atoms with Gasteiger partial charge in [0.2, 0.25) is 5.91 Å². The van der Waals surface area contributed by atoms with Gasteiger partial charge in [-0.2, -0.15) is 0 Å². The Kier molecular flexibility index (Phi) is 5.97. The van der Waals surface area contributed by atoms with Gasteiger partial charge < -0.3 is 4.90 Å². The molecule has 0 aromatic heterocycles. The van der Waals surface area contributed by atoms with Crippen molar-refractivity contribution in [3.8, 4) is 0 Å². The summed E-state index contributed by atoms with van der Waals surface area (Å²) in [7, 11) is -3.15. The SMILES string of the molecule is O=C(/C=C/c1ccc(Cl)cc1)N(Cc1cccc(F)c1)[C@H]1CCS(=O)(=O)C1. The standard InChI is InChI=1S/C20H19ClFNO3S/c21-17-7-4-15(5-8-17)6-9-20(24)23(19-10-11-27(25,26)14-19)13-16-2-1-3-18(22)12-16/h1-9,12,19H,10-11,13-14H2/b9-6+/t19-/m0/s1. The second-order valence-electron chi connectivity index (χ2n) is 6.54. The van der Waals surface area contributed by atoms with Gasteiger partial charge in [-0.05, 0) is 47.9 Å². The quantitative estimate of drug-likeness (QED) is 0.710. The van der Waals surface area contributed by atoms with E-state index in [0.29, 0.717) is 17.0 Å². The normalized spacial score (nSPS) is 18.7. The molecular formula is C20H19ClFNO3S. The van der Waals surface area contributed by atoms with E-state index in [9.17, 15) is 17.6 Å². The third kappa shape index (κ3) is 5.40. The molecule has 1 aliphatic heterocycles. The van der Waals surface area contributed by atoms with E-state index in [2.05, 4.69) is 0 Å². The van der Waals surface area contributed by atoms with Crippen LogP contribution >= 0.6 is 11.6 Å². The van der Waals surface area contributed by atoms with E-state index in [0.717, 1.165) is 5.56 Å². The molecule has 3 rings (SSSR count). The maximum atomic E-state index is 13.5. The Morgan fingerprint density at radius 2 is 1.96 bits per heavy atom. The molecule has 0 saturated carbocycles. The second-order valence-corrected chi connectivity index (χ2v) is 9.20. The highest BCUT2D eigenvalue weighted by Gasteiger charge is 2.34. The van der Waals surface area contributed by atoms with Gasteiger partial charge in [0.25, 0.3) is 0 Å². The lowest BCUT2D eigenvalue weighted by molar-refractivity contribution is -0.128. The minimum absolute atomic E-state index is 0.0610. The largest absolute Gasteiger partial charge is 0.331 e. The Morgan fingerprint density at radius 3 is 2.59 bits per heavy atom. The van der Waals surface area contributed by atoms with Crippen molar-refractivity contribution in [2.75, 3.05) is 11.5 Å². The Balaban J connectivity index is 1.81. The fourth-order valence-corrected chi connectivity index (χ4v) is 4.93. The van der Waals surface area contributed by atoms with Crippen LogP contribution in [0.15, 0.2) is 54.6 Å². The van der Waals surface area contributed by atoms with Crippen LogP contribution in [0, 0.1) is 5.82 Å². The van der Waals surface area contributed by atoms with E-state index in [-0.39, 0.29) is 24.0 Å². The van der Waals surface area contributed by atoms with Crippen molar-refractivity contribution in [3.05, 3.63) is 76.6 Å². The molecule has 1 saturated heterocycles. The van der Waals surface area contributed by atoms with Gasteiger partial charge in [0.1, 0.15) is 5.82 Å². The number of carbonyl (C=O) groups is 1. The van der Waals surface area contributed by atoms with E-state index in [4.69, 9.17) is 11.6 Å². The summed E-state index contributed by atoms with van der Waals surface area (Å²) in [6, 6.07) is 12.6. The van der Waals surface area contributed by atoms with E-state index in [1.807, 2.05) is 0 Å². The third-order valence-corrected chi connectivity index (χ3v) is 6.46. The van der Waals surface area contributed by atoms with Crippen LogP contribution in [0.2, 0.25) is 5.02 Å². The van der Waals surface area contributed by atoms with Crippen molar-refractivity contribution < 1.29 is 17.6 Å². The lowest BCUT2D eigenvalue weighted by atomic mass is 10.1. The number of hydrogen-bond acceptors (Lipinski definition) is 3. The molecule has 0 aliphatic carbocycles. The number of halogens is 2. The first-order valence-electron chi connectivity index (χ1n) is 8.51. The summed E-state index contributed by atoms with van der Waals surface area (Å²) < 4.78 is 37.2. The zero-order valence-corrected chi connectivity index (χ0v) is 16.1. The summed E-state index contributed by atoms with van der Waals surface area (Å²) >= 11 is 5.85. The molecule has 0 N–H and O–H groups in total. The van der Waals surface area contributed by atoms with Crippen LogP contribution in [0.1, 0.15) is 17.5 Å². The molecule has 27 heavy (non-hydrogen) atoms. The lowest BCUT2D eigenvalue weighted by Gasteiger charge is -2.27. The van der Waals surface area contributed by atoms with E-state index in [1.54, 1.807) is 42.5 Å². The molecule has 0 unspecified atom stereocenters. The predicted octanol–water partition coefficient (Wildman–Crippen LogP) is 3.71.